The van der Waals surface area contributed by atoms with Crippen LogP contribution in [0.1, 0.15) is 40.0 Å². The van der Waals surface area contributed by atoms with Crippen LogP contribution in [0.4, 0.5) is 0 Å². The van der Waals surface area contributed by atoms with Crippen molar-refractivity contribution < 1.29 is 9.22 Å². The van der Waals surface area contributed by atoms with E-state index in [0.29, 0.717) is 0 Å². The number of ketones is 1. The van der Waals surface area contributed by atoms with Gasteiger partial charge in [0.05, 0.1) is 6.61 Å². The lowest BCUT2D eigenvalue weighted by Crippen LogP contribution is -2.31. The first-order valence-electron chi connectivity index (χ1n) is 7.89. The van der Waals surface area contributed by atoms with Crippen LogP contribution < -0.4 is 0 Å². The Hall–Kier alpha value is -0.933. The third-order valence-corrected chi connectivity index (χ3v) is 5.95. The first kappa shape index (κ1) is 18.1. The van der Waals surface area contributed by atoms with Gasteiger partial charge in [-0.3, -0.25) is 4.79 Å². The Kier molecular flexibility index (Phi) is 6.82. The molecule has 0 aromatic carbocycles. The molecule has 0 radical (unpaired) electrons. The Morgan fingerprint density at radius 3 is 2.67 bits per heavy atom. The third-order valence-electron chi connectivity index (χ3n) is 3.81. The Morgan fingerprint density at radius 2 is 1.95 bits per heavy atom. The summed E-state index contributed by atoms with van der Waals surface area (Å²) in [4.78, 5) is 11.9. The molecule has 21 heavy (non-hydrogen) atoms. The molecule has 0 aromatic rings. The summed E-state index contributed by atoms with van der Waals surface area (Å²) in [5, 5.41) is 0. The second kappa shape index (κ2) is 7.90. The van der Waals surface area contributed by atoms with Crippen molar-refractivity contribution in [3.8, 4) is 0 Å². The van der Waals surface area contributed by atoms with E-state index in [1.807, 2.05) is 6.92 Å². The molecule has 1 aliphatic rings. The number of carbonyl (C=O) groups excluding carboxylic acids is 1. The molecule has 0 amide bonds. The molecule has 0 atom stereocenters. The molecular formula is C18H30O2Si. The summed E-state index contributed by atoms with van der Waals surface area (Å²) in [6, 6.07) is 0.938. The highest BCUT2D eigenvalue weighted by atomic mass is 28.4. The van der Waals surface area contributed by atoms with Crippen molar-refractivity contribution in [3.63, 3.8) is 0 Å². The molecule has 1 aliphatic heterocycles. The number of carbonyl (C=O) groups is 1. The van der Waals surface area contributed by atoms with Crippen LogP contribution >= 0.6 is 0 Å². The van der Waals surface area contributed by atoms with Crippen molar-refractivity contribution in [1.82, 2.24) is 0 Å². The van der Waals surface area contributed by atoms with E-state index in [9.17, 15) is 4.79 Å². The van der Waals surface area contributed by atoms with Crippen LogP contribution in [-0.2, 0) is 9.22 Å². The quantitative estimate of drug-likeness (QED) is 0.586. The van der Waals surface area contributed by atoms with Crippen LogP contribution in [0.3, 0.4) is 0 Å². The van der Waals surface area contributed by atoms with Crippen molar-refractivity contribution in [3.05, 3.63) is 36.0 Å². The predicted molar refractivity (Wildman–Crippen MR) is 92.9 cm³/mol. The van der Waals surface area contributed by atoms with E-state index in [-0.39, 0.29) is 17.8 Å². The summed E-state index contributed by atoms with van der Waals surface area (Å²) in [6.45, 7) is 11.1. The maximum absolute atomic E-state index is 11.9. The molecule has 118 valence electrons. The van der Waals surface area contributed by atoms with Gasteiger partial charge in [0.25, 0.3) is 0 Å². The molecule has 0 spiro atoms. The molecule has 0 fully saturated rings. The fraction of sp³-hybridized carbons (Fsp3) is 0.611. The first-order valence-corrected chi connectivity index (χ1v) is 11.0. The lowest BCUT2D eigenvalue weighted by atomic mass is 9.86. The van der Waals surface area contributed by atoms with E-state index >= 15 is 0 Å². The Labute approximate surface area is 131 Å². The first-order chi connectivity index (χ1) is 9.70. The summed E-state index contributed by atoms with van der Waals surface area (Å²) in [5.41, 5.74) is 1.37. The molecule has 1 rings (SSSR count). The number of rotatable bonds is 0. The Balaban J connectivity index is 2.83. The minimum absolute atomic E-state index is 0.101. The zero-order chi connectivity index (χ0) is 15.9. The van der Waals surface area contributed by atoms with E-state index in [1.165, 1.54) is 0 Å². The Morgan fingerprint density at radius 1 is 1.24 bits per heavy atom. The predicted octanol–water partition coefficient (Wildman–Crippen LogP) is 5.05. The van der Waals surface area contributed by atoms with Gasteiger partial charge in [-0.15, -0.1) is 0 Å². The largest absolute Gasteiger partial charge is 0.409 e. The standard InChI is InChI=1S/C18H30O2Si/c1-16-10-9-12-18(2,3)11-7-6-8-13-21(4,5)20-15-17(19)14-16/h6-8,11,14H,9-10,12-13,15H2,1-5H3/b8-6?,11-7+,16-14+. The minimum atomic E-state index is -1.78. The monoisotopic (exact) mass is 306 g/mol. The van der Waals surface area contributed by atoms with Gasteiger partial charge >= 0.3 is 0 Å². The molecule has 1 heterocycles. The van der Waals surface area contributed by atoms with Gasteiger partial charge in [0.2, 0.25) is 0 Å². The third kappa shape index (κ3) is 8.17. The van der Waals surface area contributed by atoms with Gasteiger partial charge in [-0.05, 0) is 56.8 Å². The average molecular weight is 307 g/mol. The van der Waals surface area contributed by atoms with E-state index in [4.69, 9.17) is 4.43 Å². The second-order valence-corrected chi connectivity index (χ2v) is 11.6. The van der Waals surface area contributed by atoms with Crippen LogP contribution in [0.15, 0.2) is 36.0 Å². The topological polar surface area (TPSA) is 26.3 Å². The van der Waals surface area contributed by atoms with Crippen LogP contribution in [0.25, 0.3) is 0 Å². The fourth-order valence-corrected chi connectivity index (χ4v) is 3.72. The fourth-order valence-electron chi connectivity index (χ4n) is 2.37. The summed E-state index contributed by atoms with van der Waals surface area (Å²) < 4.78 is 5.88. The molecule has 3 heteroatoms. The highest BCUT2D eigenvalue weighted by Crippen LogP contribution is 2.26. The highest BCUT2D eigenvalue weighted by Gasteiger charge is 2.21. The zero-order valence-electron chi connectivity index (χ0n) is 14.2. The van der Waals surface area contributed by atoms with Gasteiger partial charge < -0.3 is 4.43 Å². The van der Waals surface area contributed by atoms with Gasteiger partial charge in [0.15, 0.2) is 14.1 Å². The molecular weight excluding hydrogens is 276 g/mol. The molecule has 0 saturated heterocycles. The van der Waals surface area contributed by atoms with Gasteiger partial charge in [-0.1, -0.05) is 43.7 Å². The molecule has 0 bridgehead atoms. The molecule has 0 aromatic heterocycles. The number of hydrogen-bond donors (Lipinski definition) is 0. The summed E-state index contributed by atoms with van der Waals surface area (Å²) >= 11 is 0. The van der Waals surface area contributed by atoms with Gasteiger partial charge in [0, 0.05) is 0 Å². The maximum Gasteiger partial charge on any atom is 0.191 e. The summed E-state index contributed by atoms with van der Waals surface area (Å²) in [6.07, 6.45) is 13.7. The Bertz CT molecular complexity index is 442. The van der Waals surface area contributed by atoms with Crippen molar-refractivity contribution in [1.29, 1.82) is 0 Å². The molecule has 0 unspecified atom stereocenters. The molecule has 2 nitrogen and oxygen atoms in total. The highest BCUT2D eigenvalue weighted by molar-refractivity contribution is 6.71. The summed E-state index contributed by atoms with van der Waals surface area (Å²) in [5.74, 6) is 0.101. The van der Waals surface area contributed by atoms with Gasteiger partial charge in [-0.2, -0.15) is 0 Å². The van der Waals surface area contributed by atoms with Gasteiger partial charge in [0.1, 0.15) is 0 Å². The second-order valence-electron chi connectivity index (χ2n) is 7.34. The van der Waals surface area contributed by atoms with E-state index in [0.717, 1.165) is 30.9 Å². The number of hydrogen-bond acceptors (Lipinski definition) is 2. The van der Waals surface area contributed by atoms with Crippen molar-refractivity contribution in [2.45, 2.75) is 59.2 Å². The van der Waals surface area contributed by atoms with Crippen LogP contribution in [0.5, 0.6) is 0 Å². The smallest absolute Gasteiger partial charge is 0.191 e. The lowest BCUT2D eigenvalue weighted by molar-refractivity contribution is -0.116. The molecule has 0 N–H and O–H groups in total. The van der Waals surface area contributed by atoms with Crippen molar-refractivity contribution in [2.24, 2.45) is 5.41 Å². The van der Waals surface area contributed by atoms with Gasteiger partial charge in [-0.25, -0.2) is 0 Å². The summed E-state index contributed by atoms with van der Waals surface area (Å²) in [7, 11) is -1.78. The van der Waals surface area contributed by atoms with E-state index < -0.39 is 8.32 Å². The minimum Gasteiger partial charge on any atom is -0.409 e. The van der Waals surface area contributed by atoms with Crippen LogP contribution in [0.2, 0.25) is 19.1 Å². The van der Waals surface area contributed by atoms with E-state index in [1.54, 1.807) is 6.08 Å². The van der Waals surface area contributed by atoms with Crippen molar-refractivity contribution >= 4 is 14.1 Å². The maximum atomic E-state index is 11.9. The normalized spacial score (nSPS) is 28.0. The SMILES string of the molecule is C/C1=C\C(=O)CO[Si](C)(C)CC=C/C=C/C(C)(C)CCC1. The van der Waals surface area contributed by atoms with E-state index in [2.05, 4.69) is 51.2 Å². The van der Waals surface area contributed by atoms with Crippen LogP contribution in [-0.4, -0.2) is 20.7 Å². The zero-order valence-corrected chi connectivity index (χ0v) is 15.2. The average Bonchev–Trinajstić information content (AvgIpc) is 2.35. The van der Waals surface area contributed by atoms with Crippen LogP contribution in [0, 0.1) is 5.41 Å². The van der Waals surface area contributed by atoms with Crippen molar-refractivity contribution in [2.75, 3.05) is 6.61 Å². The molecule has 0 saturated carbocycles. The lowest BCUT2D eigenvalue weighted by Gasteiger charge is -2.20. The molecule has 0 aliphatic carbocycles. The number of allylic oxidation sites excluding steroid dienone is 5.